The average molecular weight is 420 g/mol. The predicted octanol–water partition coefficient (Wildman–Crippen LogP) is 1.36. The zero-order chi connectivity index (χ0) is 21.0. The molecule has 9 heteroatoms. The molecule has 3 rings (SSSR count). The van der Waals surface area contributed by atoms with E-state index in [1.807, 2.05) is 31.1 Å². The van der Waals surface area contributed by atoms with Crippen LogP contribution in [0.1, 0.15) is 24.4 Å². The number of hydrogen-bond donors (Lipinski definition) is 2. The minimum absolute atomic E-state index is 0.0153. The largest absolute Gasteiger partial charge is 0.378 e. The topological polar surface area (TPSA) is 97.0 Å². The van der Waals surface area contributed by atoms with Gasteiger partial charge in [-0.05, 0) is 24.3 Å². The highest BCUT2D eigenvalue weighted by atomic mass is 32.2. The van der Waals surface area contributed by atoms with E-state index in [9.17, 15) is 18.5 Å². The van der Waals surface area contributed by atoms with Crippen molar-refractivity contribution in [3.63, 3.8) is 0 Å². The number of rotatable bonds is 8. The van der Waals surface area contributed by atoms with Crippen molar-refractivity contribution in [3.8, 4) is 0 Å². The highest BCUT2D eigenvalue weighted by Gasteiger charge is 2.29. The van der Waals surface area contributed by atoms with Gasteiger partial charge in [-0.3, -0.25) is 10.1 Å². The number of nitro groups is 1. The Morgan fingerprint density at radius 3 is 2.17 bits per heavy atom. The molecule has 0 radical (unpaired) electrons. The van der Waals surface area contributed by atoms with Gasteiger partial charge in [0, 0.05) is 50.3 Å². The van der Waals surface area contributed by atoms with E-state index in [4.69, 9.17) is 0 Å². The quantitative estimate of drug-likeness (QED) is 0.497. The Morgan fingerprint density at radius 1 is 1.07 bits per heavy atom. The molecular formula is C20H27N4O4S+. The van der Waals surface area contributed by atoms with Crippen molar-refractivity contribution in [1.82, 2.24) is 4.72 Å². The van der Waals surface area contributed by atoms with Gasteiger partial charge < -0.3 is 9.80 Å². The predicted molar refractivity (Wildman–Crippen MR) is 112 cm³/mol. The summed E-state index contributed by atoms with van der Waals surface area (Å²) in [6.07, 6.45) is 2.27. The lowest BCUT2D eigenvalue weighted by Gasteiger charge is -2.26. The zero-order valence-electron chi connectivity index (χ0n) is 16.7. The van der Waals surface area contributed by atoms with E-state index >= 15 is 0 Å². The minimum atomic E-state index is -3.75. The zero-order valence-corrected chi connectivity index (χ0v) is 17.5. The maximum atomic E-state index is 12.7. The van der Waals surface area contributed by atoms with Crippen molar-refractivity contribution in [1.29, 1.82) is 0 Å². The summed E-state index contributed by atoms with van der Waals surface area (Å²) in [4.78, 5) is 13.7. The molecule has 1 fully saturated rings. The fourth-order valence-corrected chi connectivity index (χ4v) is 4.75. The highest BCUT2D eigenvalue weighted by molar-refractivity contribution is 7.89. The Hall–Kier alpha value is -2.49. The molecule has 2 aromatic carbocycles. The Kier molecular flexibility index (Phi) is 6.51. The monoisotopic (exact) mass is 419 g/mol. The molecule has 156 valence electrons. The summed E-state index contributed by atoms with van der Waals surface area (Å²) < 4.78 is 28.1. The summed E-state index contributed by atoms with van der Waals surface area (Å²) in [5.74, 6) is 0. The van der Waals surface area contributed by atoms with Crippen LogP contribution in [0, 0.1) is 10.1 Å². The van der Waals surface area contributed by atoms with E-state index in [-0.39, 0.29) is 23.2 Å². The number of benzene rings is 2. The number of non-ortho nitro benzene ring substituents is 1. The van der Waals surface area contributed by atoms with Crippen molar-refractivity contribution in [3.05, 3.63) is 64.2 Å². The second-order valence-corrected chi connectivity index (χ2v) is 9.27. The maximum absolute atomic E-state index is 12.7. The molecular weight excluding hydrogens is 392 g/mol. The molecule has 0 aromatic heterocycles. The summed E-state index contributed by atoms with van der Waals surface area (Å²) in [5.41, 5.74) is 2.05. The fourth-order valence-electron chi connectivity index (χ4n) is 3.70. The van der Waals surface area contributed by atoms with Crippen LogP contribution in [0.2, 0.25) is 0 Å². The van der Waals surface area contributed by atoms with E-state index in [0.29, 0.717) is 0 Å². The summed E-state index contributed by atoms with van der Waals surface area (Å²) in [5, 5.41) is 10.8. The SMILES string of the molecule is CN(C)c1ccc([C@H](CNS(=O)(=O)c2ccc([N+](=O)[O-])cc2)[NH+]2CCCC2)cc1. The molecule has 0 bridgehead atoms. The van der Waals surface area contributed by atoms with Gasteiger partial charge in [-0.25, -0.2) is 13.1 Å². The number of quaternary nitrogens is 1. The van der Waals surface area contributed by atoms with Gasteiger partial charge in [0.2, 0.25) is 10.0 Å². The number of hydrogen-bond acceptors (Lipinski definition) is 5. The van der Waals surface area contributed by atoms with Crippen LogP contribution < -0.4 is 14.5 Å². The molecule has 2 aromatic rings. The van der Waals surface area contributed by atoms with Crippen molar-refractivity contribution in [2.75, 3.05) is 38.6 Å². The number of anilines is 1. The molecule has 0 amide bonds. The van der Waals surface area contributed by atoms with Gasteiger partial charge in [0.05, 0.1) is 29.5 Å². The summed E-state index contributed by atoms with van der Waals surface area (Å²) in [6.45, 7) is 2.30. The Bertz CT molecular complexity index is 937. The van der Waals surface area contributed by atoms with Crippen LogP contribution in [-0.4, -0.2) is 47.1 Å². The van der Waals surface area contributed by atoms with Crippen molar-refractivity contribution in [2.24, 2.45) is 0 Å². The smallest absolute Gasteiger partial charge is 0.269 e. The van der Waals surface area contributed by atoms with Crippen LogP contribution in [0.4, 0.5) is 11.4 Å². The molecule has 0 aliphatic carbocycles. The summed E-state index contributed by atoms with van der Waals surface area (Å²) in [7, 11) is 0.214. The van der Waals surface area contributed by atoms with Crippen molar-refractivity contribution >= 4 is 21.4 Å². The lowest BCUT2D eigenvalue weighted by molar-refractivity contribution is -0.918. The first-order valence-corrected chi connectivity index (χ1v) is 11.1. The molecule has 0 spiro atoms. The third kappa shape index (κ3) is 5.11. The second-order valence-electron chi connectivity index (χ2n) is 7.51. The normalized spacial score (nSPS) is 15.9. The molecule has 1 heterocycles. The molecule has 2 N–H and O–H groups in total. The molecule has 1 atom stereocenters. The van der Waals surface area contributed by atoms with E-state index in [0.717, 1.165) is 37.2 Å². The third-order valence-electron chi connectivity index (χ3n) is 5.39. The van der Waals surface area contributed by atoms with E-state index in [1.165, 1.54) is 29.2 Å². The van der Waals surface area contributed by atoms with E-state index in [2.05, 4.69) is 16.9 Å². The van der Waals surface area contributed by atoms with Crippen LogP contribution in [0.5, 0.6) is 0 Å². The Balaban J connectivity index is 1.78. The average Bonchev–Trinajstić information content (AvgIpc) is 3.23. The number of sulfonamides is 1. The summed E-state index contributed by atoms with van der Waals surface area (Å²) in [6, 6.07) is 13.2. The van der Waals surface area contributed by atoms with Crippen LogP contribution in [-0.2, 0) is 10.0 Å². The fraction of sp³-hybridized carbons (Fsp3) is 0.400. The van der Waals surface area contributed by atoms with E-state index < -0.39 is 14.9 Å². The number of nitro benzene ring substituents is 1. The highest BCUT2D eigenvalue weighted by Crippen LogP contribution is 2.19. The van der Waals surface area contributed by atoms with Gasteiger partial charge in [-0.15, -0.1) is 0 Å². The van der Waals surface area contributed by atoms with Crippen molar-refractivity contribution in [2.45, 2.75) is 23.8 Å². The van der Waals surface area contributed by atoms with Gasteiger partial charge in [0.15, 0.2) is 0 Å². The van der Waals surface area contributed by atoms with Gasteiger partial charge in [-0.2, -0.15) is 0 Å². The number of likely N-dealkylation sites (tertiary alicyclic amines) is 1. The Labute approximate surface area is 171 Å². The molecule has 29 heavy (non-hydrogen) atoms. The van der Waals surface area contributed by atoms with Crippen LogP contribution in [0.15, 0.2) is 53.4 Å². The second kappa shape index (κ2) is 8.89. The maximum Gasteiger partial charge on any atom is 0.269 e. The van der Waals surface area contributed by atoms with E-state index in [1.54, 1.807) is 0 Å². The molecule has 1 saturated heterocycles. The standard InChI is InChI=1S/C20H26N4O4S/c1-22(2)17-7-5-16(6-8-17)20(23-13-3-4-14-23)15-21-29(27,28)19-11-9-18(10-12-19)24(25)26/h5-12,20-21H,3-4,13-15H2,1-2H3/p+1/t20-/m0/s1. The van der Waals surface area contributed by atoms with Crippen molar-refractivity contribution < 1.29 is 18.2 Å². The first-order chi connectivity index (χ1) is 13.8. The first-order valence-electron chi connectivity index (χ1n) is 9.64. The third-order valence-corrected chi connectivity index (χ3v) is 6.83. The lowest BCUT2D eigenvalue weighted by Crippen LogP contribution is -3.11. The van der Waals surface area contributed by atoms with Crippen LogP contribution in [0.3, 0.4) is 0 Å². The van der Waals surface area contributed by atoms with Gasteiger partial charge in [0.1, 0.15) is 6.04 Å². The number of nitrogens with zero attached hydrogens (tertiary/aromatic N) is 2. The van der Waals surface area contributed by atoms with Gasteiger partial charge >= 0.3 is 0 Å². The van der Waals surface area contributed by atoms with Gasteiger partial charge in [-0.1, -0.05) is 12.1 Å². The lowest BCUT2D eigenvalue weighted by atomic mass is 10.1. The van der Waals surface area contributed by atoms with Crippen LogP contribution in [0.25, 0.3) is 0 Å². The molecule has 1 aliphatic heterocycles. The molecule has 1 aliphatic rings. The van der Waals surface area contributed by atoms with Gasteiger partial charge in [0.25, 0.3) is 5.69 Å². The van der Waals surface area contributed by atoms with Crippen LogP contribution >= 0.6 is 0 Å². The molecule has 8 nitrogen and oxygen atoms in total. The first kappa shape index (κ1) is 21.2. The Morgan fingerprint density at radius 2 is 1.66 bits per heavy atom. The number of nitrogens with one attached hydrogen (secondary N) is 2. The minimum Gasteiger partial charge on any atom is -0.378 e. The molecule has 0 saturated carbocycles. The summed E-state index contributed by atoms with van der Waals surface area (Å²) >= 11 is 0. The molecule has 0 unspecified atom stereocenters.